The normalized spacial score (nSPS) is 17.9. The lowest BCUT2D eigenvalue weighted by atomic mass is 10.0. The van der Waals surface area contributed by atoms with Crippen LogP contribution in [0.15, 0.2) is 33.7 Å². The van der Waals surface area contributed by atoms with Crippen LogP contribution in [0.3, 0.4) is 0 Å². The van der Waals surface area contributed by atoms with Crippen molar-refractivity contribution in [2.24, 2.45) is 4.99 Å². The highest BCUT2D eigenvalue weighted by atomic mass is 79.9. The van der Waals surface area contributed by atoms with E-state index in [2.05, 4.69) is 86.5 Å². The summed E-state index contributed by atoms with van der Waals surface area (Å²) < 4.78 is 1.14. The molecule has 1 aromatic rings. The lowest BCUT2D eigenvalue weighted by Crippen LogP contribution is -2.49. The summed E-state index contributed by atoms with van der Waals surface area (Å²) in [6, 6.07) is 9.78. The molecule has 0 radical (unpaired) electrons. The molecular formula is C21H36BrN5. The maximum Gasteiger partial charge on any atom is 0.191 e. The summed E-state index contributed by atoms with van der Waals surface area (Å²) in [5.41, 5.74) is 1.38. The van der Waals surface area contributed by atoms with E-state index < -0.39 is 0 Å². The zero-order valence-corrected chi connectivity index (χ0v) is 18.9. The van der Waals surface area contributed by atoms with Crippen LogP contribution in [0.2, 0.25) is 0 Å². The van der Waals surface area contributed by atoms with Gasteiger partial charge in [-0.2, -0.15) is 0 Å². The maximum absolute atomic E-state index is 4.40. The summed E-state index contributed by atoms with van der Waals surface area (Å²) in [5.74, 6) is 0.930. The van der Waals surface area contributed by atoms with Crippen LogP contribution in [0.4, 0.5) is 0 Å². The van der Waals surface area contributed by atoms with Crippen molar-refractivity contribution in [3.05, 3.63) is 34.3 Å². The van der Waals surface area contributed by atoms with Crippen molar-refractivity contribution < 1.29 is 0 Å². The van der Waals surface area contributed by atoms with Gasteiger partial charge in [0.15, 0.2) is 5.96 Å². The summed E-state index contributed by atoms with van der Waals surface area (Å²) in [5, 5.41) is 7.06. The van der Waals surface area contributed by atoms with Crippen molar-refractivity contribution in [3.8, 4) is 0 Å². The van der Waals surface area contributed by atoms with E-state index >= 15 is 0 Å². The third-order valence-corrected chi connectivity index (χ3v) is 6.10. The molecule has 0 aliphatic carbocycles. The van der Waals surface area contributed by atoms with Gasteiger partial charge in [-0.05, 0) is 50.9 Å². The summed E-state index contributed by atoms with van der Waals surface area (Å²) >= 11 is 3.50. The molecule has 1 fully saturated rings. The van der Waals surface area contributed by atoms with E-state index in [4.69, 9.17) is 0 Å². The second-order valence-electron chi connectivity index (χ2n) is 7.56. The number of likely N-dealkylation sites (N-methyl/N-ethyl adjacent to an activating group) is 1. The number of nitrogens with zero attached hydrogens (tertiary/aromatic N) is 3. The minimum absolute atomic E-state index is 0.504. The van der Waals surface area contributed by atoms with Crippen molar-refractivity contribution in [1.82, 2.24) is 20.4 Å². The maximum atomic E-state index is 4.40. The molecule has 0 amide bonds. The van der Waals surface area contributed by atoms with E-state index in [1.54, 1.807) is 0 Å². The standard InChI is InChI=1S/C21H36BrN5/c1-5-17(2)26(4)15-12-24-21(23-3)25-20-10-13-27(14-11-20)16-18-6-8-19(22)9-7-18/h6-9,17,20H,5,10-16H2,1-4H3,(H2,23,24,25). The van der Waals surface area contributed by atoms with Gasteiger partial charge in [0, 0.05) is 56.3 Å². The molecule has 2 N–H and O–H groups in total. The first-order valence-corrected chi connectivity index (χ1v) is 10.9. The third-order valence-electron chi connectivity index (χ3n) is 5.57. The predicted molar refractivity (Wildman–Crippen MR) is 119 cm³/mol. The molecule has 1 saturated heterocycles. The molecule has 1 aromatic carbocycles. The first-order chi connectivity index (χ1) is 13.0. The number of guanidine groups is 1. The molecule has 2 rings (SSSR count). The molecule has 0 bridgehead atoms. The Morgan fingerprint density at radius 3 is 2.56 bits per heavy atom. The van der Waals surface area contributed by atoms with Crippen molar-refractivity contribution in [2.45, 2.75) is 51.7 Å². The largest absolute Gasteiger partial charge is 0.355 e. The van der Waals surface area contributed by atoms with E-state index in [0.717, 1.165) is 56.0 Å². The fourth-order valence-corrected chi connectivity index (χ4v) is 3.62. The number of aliphatic imine (C=N–C) groups is 1. The second kappa shape index (κ2) is 11.7. The quantitative estimate of drug-likeness (QED) is 0.483. The molecule has 152 valence electrons. The van der Waals surface area contributed by atoms with Crippen molar-refractivity contribution in [1.29, 1.82) is 0 Å². The Bertz CT molecular complexity index is 566. The highest BCUT2D eigenvalue weighted by molar-refractivity contribution is 9.10. The number of halogens is 1. The van der Waals surface area contributed by atoms with Crippen LogP contribution in [-0.4, -0.2) is 68.1 Å². The number of hydrogen-bond acceptors (Lipinski definition) is 3. The van der Waals surface area contributed by atoms with Gasteiger partial charge in [-0.15, -0.1) is 0 Å². The van der Waals surface area contributed by atoms with Gasteiger partial charge in [-0.25, -0.2) is 0 Å². The van der Waals surface area contributed by atoms with Gasteiger partial charge in [-0.3, -0.25) is 9.89 Å². The Kier molecular flexibility index (Phi) is 9.59. The summed E-state index contributed by atoms with van der Waals surface area (Å²) in [6.07, 6.45) is 3.50. The van der Waals surface area contributed by atoms with Crippen LogP contribution in [0, 0.1) is 0 Å². The zero-order valence-electron chi connectivity index (χ0n) is 17.3. The van der Waals surface area contributed by atoms with Crippen LogP contribution in [0.5, 0.6) is 0 Å². The predicted octanol–water partition coefficient (Wildman–Crippen LogP) is 3.31. The van der Waals surface area contributed by atoms with Crippen LogP contribution in [0.25, 0.3) is 0 Å². The monoisotopic (exact) mass is 437 g/mol. The lowest BCUT2D eigenvalue weighted by Gasteiger charge is -2.33. The molecule has 27 heavy (non-hydrogen) atoms. The van der Waals surface area contributed by atoms with Crippen LogP contribution >= 0.6 is 15.9 Å². The van der Waals surface area contributed by atoms with Gasteiger partial charge in [-0.1, -0.05) is 35.0 Å². The minimum Gasteiger partial charge on any atom is -0.355 e. The number of hydrogen-bond donors (Lipinski definition) is 2. The fraction of sp³-hybridized carbons (Fsp3) is 0.667. The van der Waals surface area contributed by atoms with Gasteiger partial charge in [0.05, 0.1) is 0 Å². The summed E-state index contributed by atoms with van der Waals surface area (Å²) in [4.78, 5) is 9.33. The fourth-order valence-electron chi connectivity index (χ4n) is 3.35. The molecule has 1 unspecified atom stereocenters. The molecule has 1 aliphatic rings. The number of piperidine rings is 1. The molecule has 0 saturated carbocycles. The smallest absolute Gasteiger partial charge is 0.191 e. The minimum atomic E-state index is 0.504. The van der Waals surface area contributed by atoms with Gasteiger partial charge in [0.25, 0.3) is 0 Å². The number of nitrogens with one attached hydrogen (secondary N) is 2. The second-order valence-corrected chi connectivity index (χ2v) is 8.47. The average Bonchev–Trinajstić information content (AvgIpc) is 2.69. The Morgan fingerprint density at radius 1 is 1.30 bits per heavy atom. The Balaban J connectivity index is 1.68. The highest BCUT2D eigenvalue weighted by Crippen LogP contribution is 2.16. The number of benzene rings is 1. The van der Waals surface area contributed by atoms with Crippen LogP contribution in [0.1, 0.15) is 38.7 Å². The Hall–Kier alpha value is -1.11. The molecule has 1 atom stereocenters. The van der Waals surface area contributed by atoms with Crippen molar-refractivity contribution in [3.63, 3.8) is 0 Å². The molecule has 5 nitrogen and oxygen atoms in total. The van der Waals surface area contributed by atoms with E-state index in [0.29, 0.717) is 12.1 Å². The number of rotatable bonds is 8. The molecular weight excluding hydrogens is 402 g/mol. The Labute approximate surface area is 173 Å². The van der Waals surface area contributed by atoms with E-state index in [1.807, 2.05) is 7.05 Å². The summed E-state index contributed by atoms with van der Waals surface area (Å²) in [6.45, 7) is 9.75. The first kappa shape index (κ1) is 22.2. The molecule has 1 heterocycles. The van der Waals surface area contributed by atoms with E-state index in [-0.39, 0.29) is 0 Å². The van der Waals surface area contributed by atoms with E-state index in [9.17, 15) is 0 Å². The van der Waals surface area contributed by atoms with Gasteiger partial charge < -0.3 is 15.5 Å². The lowest BCUT2D eigenvalue weighted by molar-refractivity contribution is 0.198. The van der Waals surface area contributed by atoms with Crippen LogP contribution in [-0.2, 0) is 6.54 Å². The van der Waals surface area contributed by atoms with Gasteiger partial charge in [0.1, 0.15) is 0 Å². The first-order valence-electron chi connectivity index (χ1n) is 10.2. The third kappa shape index (κ3) is 7.80. The molecule has 6 heteroatoms. The average molecular weight is 438 g/mol. The number of likely N-dealkylation sites (tertiary alicyclic amines) is 1. The molecule has 0 aromatic heterocycles. The summed E-state index contributed by atoms with van der Waals surface area (Å²) in [7, 11) is 4.05. The SMILES string of the molecule is CCC(C)N(C)CCNC(=NC)NC1CCN(Cc2ccc(Br)cc2)CC1. The van der Waals surface area contributed by atoms with E-state index in [1.165, 1.54) is 12.0 Å². The van der Waals surface area contributed by atoms with Gasteiger partial charge in [0.2, 0.25) is 0 Å². The van der Waals surface area contributed by atoms with Gasteiger partial charge >= 0.3 is 0 Å². The zero-order chi connectivity index (χ0) is 19.6. The Morgan fingerprint density at radius 2 is 1.96 bits per heavy atom. The molecule has 0 spiro atoms. The topological polar surface area (TPSA) is 42.9 Å². The highest BCUT2D eigenvalue weighted by Gasteiger charge is 2.20. The van der Waals surface area contributed by atoms with Crippen molar-refractivity contribution in [2.75, 3.05) is 40.3 Å². The van der Waals surface area contributed by atoms with Crippen LogP contribution < -0.4 is 10.6 Å². The molecule has 1 aliphatic heterocycles. The van der Waals surface area contributed by atoms with Crippen molar-refractivity contribution >= 4 is 21.9 Å².